The number of nitrogens with zero attached hydrogens (tertiary/aromatic N) is 2. The van der Waals surface area contributed by atoms with Gasteiger partial charge < -0.3 is 4.57 Å². The van der Waals surface area contributed by atoms with Gasteiger partial charge in [0.1, 0.15) is 11.6 Å². The summed E-state index contributed by atoms with van der Waals surface area (Å²) in [6.07, 6.45) is 1.96. The van der Waals surface area contributed by atoms with E-state index in [0.717, 1.165) is 35.3 Å². The minimum atomic E-state index is -0.385. The molecule has 0 bridgehead atoms. The number of rotatable bonds is 4. The van der Waals surface area contributed by atoms with Crippen LogP contribution in [-0.2, 0) is 13.0 Å². The molecule has 0 aliphatic rings. The number of aryl methyl sites for hydroxylation is 1. The average molecular weight is 303 g/mol. The van der Waals surface area contributed by atoms with Crippen molar-refractivity contribution in [2.75, 3.05) is 0 Å². The van der Waals surface area contributed by atoms with Crippen LogP contribution in [0.4, 0.5) is 4.39 Å². The predicted octanol–water partition coefficient (Wildman–Crippen LogP) is 4.83. The summed E-state index contributed by atoms with van der Waals surface area (Å²) in [6, 6.07) is 12.9. The fourth-order valence-corrected chi connectivity index (χ4v) is 2.74. The highest BCUT2D eigenvalue weighted by Gasteiger charge is 2.11. The monoisotopic (exact) mass is 302 g/mol. The van der Waals surface area contributed by atoms with E-state index in [4.69, 9.17) is 16.6 Å². The zero-order valence-electron chi connectivity index (χ0n) is 11.8. The fraction of sp³-hybridized carbons (Fsp3) is 0.235. The van der Waals surface area contributed by atoms with Gasteiger partial charge in [-0.2, -0.15) is 0 Å². The molecule has 0 amide bonds. The zero-order chi connectivity index (χ0) is 14.8. The number of benzene rings is 2. The van der Waals surface area contributed by atoms with Crippen LogP contribution < -0.4 is 0 Å². The molecule has 3 aromatic rings. The number of para-hydroxylation sites is 2. The van der Waals surface area contributed by atoms with Crippen molar-refractivity contribution in [2.45, 2.75) is 26.3 Å². The molecule has 0 N–H and O–H groups in total. The minimum Gasteiger partial charge on any atom is -0.323 e. The lowest BCUT2D eigenvalue weighted by Crippen LogP contribution is -2.05. The predicted molar refractivity (Wildman–Crippen MR) is 84.2 cm³/mol. The second-order valence-corrected chi connectivity index (χ2v) is 5.51. The third kappa shape index (κ3) is 2.79. The van der Waals surface area contributed by atoms with Gasteiger partial charge in [-0.15, -0.1) is 0 Å². The van der Waals surface area contributed by atoms with Crippen molar-refractivity contribution >= 4 is 22.6 Å². The summed E-state index contributed by atoms with van der Waals surface area (Å²) in [7, 11) is 0. The highest BCUT2D eigenvalue weighted by Crippen LogP contribution is 2.21. The summed E-state index contributed by atoms with van der Waals surface area (Å²) in [4.78, 5) is 4.69. The topological polar surface area (TPSA) is 17.8 Å². The molecule has 0 fully saturated rings. The first-order valence-corrected chi connectivity index (χ1v) is 7.45. The van der Waals surface area contributed by atoms with Gasteiger partial charge in [-0.05, 0) is 36.2 Å². The Balaban J connectivity index is 2.05. The third-order valence-corrected chi connectivity index (χ3v) is 3.82. The second-order valence-electron chi connectivity index (χ2n) is 5.10. The van der Waals surface area contributed by atoms with Gasteiger partial charge >= 0.3 is 0 Å². The average Bonchev–Trinajstić information content (AvgIpc) is 2.81. The molecule has 2 aromatic carbocycles. The fourth-order valence-electron chi connectivity index (χ4n) is 2.54. The molecule has 0 saturated carbocycles. The highest BCUT2D eigenvalue weighted by atomic mass is 35.5. The maximum absolute atomic E-state index is 13.3. The Labute approximate surface area is 128 Å². The van der Waals surface area contributed by atoms with Crippen LogP contribution in [-0.4, -0.2) is 9.55 Å². The Morgan fingerprint density at radius 2 is 2.00 bits per heavy atom. The number of halogens is 2. The van der Waals surface area contributed by atoms with Crippen molar-refractivity contribution in [3.05, 3.63) is 64.7 Å². The van der Waals surface area contributed by atoms with Gasteiger partial charge in [0.25, 0.3) is 0 Å². The van der Waals surface area contributed by atoms with Crippen molar-refractivity contribution in [3.63, 3.8) is 0 Å². The molecule has 0 aliphatic carbocycles. The van der Waals surface area contributed by atoms with E-state index in [1.165, 1.54) is 6.07 Å². The van der Waals surface area contributed by atoms with Gasteiger partial charge in [-0.3, -0.25) is 0 Å². The maximum Gasteiger partial charge on any atom is 0.141 e. The Morgan fingerprint density at radius 1 is 1.19 bits per heavy atom. The van der Waals surface area contributed by atoms with Gasteiger partial charge in [0.15, 0.2) is 0 Å². The van der Waals surface area contributed by atoms with Crippen LogP contribution in [0.1, 0.15) is 24.7 Å². The van der Waals surface area contributed by atoms with Gasteiger partial charge in [0, 0.05) is 13.0 Å². The molecule has 0 spiro atoms. The summed E-state index contributed by atoms with van der Waals surface area (Å²) >= 11 is 5.87. The van der Waals surface area contributed by atoms with E-state index in [0.29, 0.717) is 6.54 Å². The minimum absolute atomic E-state index is 0.161. The summed E-state index contributed by atoms with van der Waals surface area (Å²) in [5, 5.41) is 0.161. The standard InChI is InChI=1S/C17H16ClFN2/c1-2-5-17-20-15-6-3-4-7-16(15)21(17)11-12-8-9-14(19)13(18)10-12/h3-4,6-10H,2,5,11H2,1H3. The Bertz CT molecular complexity index is 780. The van der Waals surface area contributed by atoms with Crippen LogP contribution in [0.3, 0.4) is 0 Å². The normalized spacial score (nSPS) is 11.2. The summed E-state index contributed by atoms with van der Waals surface area (Å²) < 4.78 is 15.5. The largest absolute Gasteiger partial charge is 0.323 e. The van der Waals surface area contributed by atoms with Crippen molar-refractivity contribution in [3.8, 4) is 0 Å². The van der Waals surface area contributed by atoms with Crippen LogP contribution in [0.5, 0.6) is 0 Å². The molecule has 21 heavy (non-hydrogen) atoms. The Hall–Kier alpha value is -1.87. The molecule has 1 aromatic heterocycles. The van der Waals surface area contributed by atoms with Gasteiger partial charge in [-0.25, -0.2) is 9.37 Å². The zero-order valence-corrected chi connectivity index (χ0v) is 12.6. The first-order chi connectivity index (χ1) is 10.2. The number of fused-ring (bicyclic) bond motifs is 1. The van der Waals surface area contributed by atoms with E-state index >= 15 is 0 Å². The lowest BCUT2D eigenvalue weighted by Gasteiger charge is -2.09. The van der Waals surface area contributed by atoms with E-state index in [1.54, 1.807) is 12.1 Å². The van der Waals surface area contributed by atoms with Crippen molar-refractivity contribution in [1.82, 2.24) is 9.55 Å². The number of hydrogen-bond donors (Lipinski definition) is 0. The first kappa shape index (κ1) is 14.1. The van der Waals surface area contributed by atoms with Crippen LogP contribution in [0.2, 0.25) is 5.02 Å². The Morgan fingerprint density at radius 3 is 2.76 bits per heavy atom. The molecule has 4 heteroatoms. The van der Waals surface area contributed by atoms with Gasteiger partial charge in [-0.1, -0.05) is 36.7 Å². The van der Waals surface area contributed by atoms with E-state index < -0.39 is 0 Å². The molecule has 0 aliphatic heterocycles. The SMILES string of the molecule is CCCc1nc2ccccc2n1Cc1ccc(F)c(Cl)c1. The van der Waals surface area contributed by atoms with Crippen LogP contribution in [0.15, 0.2) is 42.5 Å². The van der Waals surface area contributed by atoms with E-state index in [2.05, 4.69) is 17.6 Å². The summed E-state index contributed by atoms with van der Waals surface area (Å²) in [5.41, 5.74) is 3.07. The van der Waals surface area contributed by atoms with E-state index in [-0.39, 0.29) is 10.8 Å². The lowest BCUT2D eigenvalue weighted by atomic mass is 10.2. The smallest absolute Gasteiger partial charge is 0.141 e. The molecule has 0 saturated heterocycles. The summed E-state index contributed by atoms with van der Waals surface area (Å²) in [6.45, 7) is 2.79. The molecule has 2 nitrogen and oxygen atoms in total. The second kappa shape index (κ2) is 5.86. The number of imidazole rings is 1. The molecule has 3 rings (SSSR count). The third-order valence-electron chi connectivity index (χ3n) is 3.53. The van der Waals surface area contributed by atoms with Crippen molar-refractivity contribution in [2.24, 2.45) is 0 Å². The van der Waals surface area contributed by atoms with Crippen molar-refractivity contribution < 1.29 is 4.39 Å². The van der Waals surface area contributed by atoms with Crippen LogP contribution in [0, 0.1) is 5.82 Å². The van der Waals surface area contributed by atoms with E-state index in [1.807, 2.05) is 18.2 Å². The van der Waals surface area contributed by atoms with E-state index in [9.17, 15) is 4.39 Å². The van der Waals surface area contributed by atoms with Crippen molar-refractivity contribution in [1.29, 1.82) is 0 Å². The first-order valence-electron chi connectivity index (χ1n) is 7.07. The van der Waals surface area contributed by atoms with Gasteiger partial charge in [0.05, 0.1) is 16.1 Å². The summed E-state index contributed by atoms with van der Waals surface area (Å²) in [5.74, 6) is 0.670. The lowest BCUT2D eigenvalue weighted by molar-refractivity contribution is 0.626. The van der Waals surface area contributed by atoms with Crippen LogP contribution in [0.25, 0.3) is 11.0 Å². The quantitative estimate of drug-likeness (QED) is 0.675. The molecule has 1 heterocycles. The number of aromatic nitrogens is 2. The maximum atomic E-state index is 13.3. The molecule has 0 atom stereocenters. The molecular formula is C17H16ClFN2. The highest BCUT2D eigenvalue weighted by molar-refractivity contribution is 6.30. The van der Waals surface area contributed by atoms with Crippen LogP contribution >= 0.6 is 11.6 Å². The molecule has 0 radical (unpaired) electrons. The van der Waals surface area contributed by atoms with Gasteiger partial charge in [0.2, 0.25) is 0 Å². The number of hydrogen-bond acceptors (Lipinski definition) is 1. The molecular weight excluding hydrogens is 287 g/mol. The molecule has 0 unspecified atom stereocenters. The molecule has 108 valence electrons. The Kier molecular flexibility index (Phi) is 3.93.